The number of piperazine rings is 1. The Hall–Kier alpha value is -2.98. The second-order valence-corrected chi connectivity index (χ2v) is 11.9. The molecule has 2 aromatic carbocycles. The Kier molecular flexibility index (Phi) is 7.12. The Bertz CT molecular complexity index is 1460. The number of halogens is 3. The lowest BCUT2D eigenvalue weighted by Gasteiger charge is -2.37. The average molecular weight is 521 g/mol. The predicted octanol–water partition coefficient (Wildman–Crippen LogP) is 4.48. The Labute approximate surface area is 209 Å². The van der Waals surface area contributed by atoms with E-state index in [9.17, 15) is 22.2 Å². The number of rotatable bonds is 6. The van der Waals surface area contributed by atoms with E-state index in [1.807, 2.05) is 36.4 Å². The zero-order valence-electron chi connectivity index (χ0n) is 20.9. The van der Waals surface area contributed by atoms with Gasteiger partial charge in [0.1, 0.15) is 11.6 Å². The van der Waals surface area contributed by atoms with Crippen LogP contribution in [0.1, 0.15) is 36.1 Å². The molecule has 0 radical (unpaired) electrons. The summed E-state index contributed by atoms with van der Waals surface area (Å²) < 4.78 is 56.5. The first kappa shape index (κ1) is 26.1. The molecule has 6 nitrogen and oxygen atoms in total. The van der Waals surface area contributed by atoms with Crippen molar-refractivity contribution in [3.8, 4) is 0 Å². The highest BCUT2D eigenvalue weighted by Gasteiger charge is 2.24. The largest absolute Gasteiger partial charge is 0.378 e. The molecule has 0 aliphatic carbocycles. The Morgan fingerprint density at radius 3 is 2.31 bits per heavy atom. The number of nitrogens with zero attached hydrogens (tertiary/aromatic N) is 3. The van der Waals surface area contributed by atoms with Crippen molar-refractivity contribution in [2.75, 3.05) is 42.7 Å². The molecule has 4 rings (SSSR count). The third-order valence-corrected chi connectivity index (χ3v) is 8.16. The van der Waals surface area contributed by atoms with Gasteiger partial charge < -0.3 is 10.2 Å². The van der Waals surface area contributed by atoms with Gasteiger partial charge in [-0.25, -0.2) is 17.5 Å². The van der Waals surface area contributed by atoms with Gasteiger partial charge in [-0.15, -0.1) is 0 Å². The van der Waals surface area contributed by atoms with Crippen molar-refractivity contribution in [2.45, 2.75) is 26.3 Å². The standard InChI is InChI=1S/C26H31F3N4O2S/c1-16-12-19(17(2)30-23-7-6-18(27)14-22(23)25(28)29)20-15-24(31(3)26(34)21(20)13-16)32-8-10-33(11-9-32)36(4,5)35/h6-7,12-15,17,25,30H,4,8-11H2,1-3,5H3/t17-,36?/m1/s1. The molecular weight excluding hydrogens is 489 g/mol. The van der Waals surface area contributed by atoms with E-state index in [1.165, 1.54) is 6.07 Å². The molecule has 0 bridgehead atoms. The summed E-state index contributed by atoms with van der Waals surface area (Å²) in [6, 6.07) is 8.55. The Balaban J connectivity index is 1.76. The number of aryl methyl sites for hydroxylation is 1. The Morgan fingerprint density at radius 1 is 1.03 bits per heavy atom. The highest BCUT2D eigenvalue weighted by atomic mass is 32.2. The number of nitrogens with one attached hydrogen (secondary N) is 1. The van der Waals surface area contributed by atoms with Crippen LogP contribution in [-0.2, 0) is 16.8 Å². The van der Waals surface area contributed by atoms with Gasteiger partial charge in [0.2, 0.25) is 0 Å². The van der Waals surface area contributed by atoms with E-state index in [4.69, 9.17) is 0 Å². The van der Waals surface area contributed by atoms with Crippen LogP contribution in [-0.4, -0.2) is 51.4 Å². The van der Waals surface area contributed by atoms with E-state index in [0.717, 1.165) is 34.5 Å². The van der Waals surface area contributed by atoms with E-state index in [1.54, 1.807) is 17.9 Å². The third kappa shape index (κ3) is 5.10. The van der Waals surface area contributed by atoms with Crippen LogP contribution < -0.4 is 15.8 Å². The number of hydrogen-bond acceptors (Lipinski definition) is 4. The van der Waals surface area contributed by atoms with Gasteiger partial charge in [0.15, 0.2) is 0 Å². The number of pyridine rings is 1. The first-order valence-electron chi connectivity index (χ1n) is 11.7. The normalized spacial score (nSPS) is 17.4. The summed E-state index contributed by atoms with van der Waals surface area (Å²) >= 11 is 0. The number of fused-ring (bicyclic) bond motifs is 1. The topological polar surface area (TPSA) is 57.6 Å². The van der Waals surface area contributed by atoms with Crippen molar-refractivity contribution in [1.82, 2.24) is 8.87 Å². The molecule has 10 heteroatoms. The maximum atomic E-state index is 13.6. The SMILES string of the molecule is C=S(C)(=O)N1CCN(c2cc3c([C@@H](C)Nc4ccc(F)cc4C(F)F)cc(C)cc3c(=O)n2C)CC1. The van der Waals surface area contributed by atoms with Gasteiger partial charge in [-0.1, -0.05) is 6.07 Å². The molecule has 3 aromatic rings. The van der Waals surface area contributed by atoms with Gasteiger partial charge in [0, 0.05) is 71.9 Å². The molecule has 1 aliphatic heterocycles. The molecule has 1 aromatic heterocycles. The molecular formula is C26H31F3N4O2S. The molecule has 2 atom stereocenters. The van der Waals surface area contributed by atoms with Gasteiger partial charge >= 0.3 is 0 Å². The highest BCUT2D eigenvalue weighted by Crippen LogP contribution is 2.33. The fourth-order valence-corrected chi connectivity index (χ4v) is 5.73. The minimum Gasteiger partial charge on any atom is -0.378 e. The molecule has 2 heterocycles. The van der Waals surface area contributed by atoms with E-state index in [-0.39, 0.29) is 11.2 Å². The van der Waals surface area contributed by atoms with Crippen molar-refractivity contribution < 1.29 is 17.4 Å². The molecule has 36 heavy (non-hydrogen) atoms. The quantitative estimate of drug-likeness (QED) is 0.487. The summed E-state index contributed by atoms with van der Waals surface area (Å²) in [6.07, 6.45) is -1.21. The second kappa shape index (κ2) is 9.82. The minimum atomic E-state index is -2.83. The predicted molar refractivity (Wildman–Crippen MR) is 142 cm³/mol. The first-order chi connectivity index (χ1) is 16.9. The van der Waals surface area contributed by atoms with Crippen molar-refractivity contribution in [2.24, 2.45) is 7.05 Å². The minimum absolute atomic E-state index is 0.144. The maximum absolute atomic E-state index is 13.6. The van der Waals surface area contributed by atoms with Gasteiger partial charge in [-0.3, -0.25) is 13.6 Å². The smallest absolute Gasteiger partial charge is 0.265 e. The van der Waals surface area contributed by atoms with E-state index in [2.05, 4.69) is 16.1 Å². The van der Waals surface area contributed by atoms with Gasteiger partial charge in [0.25, 0.3) is 12.0 Å². The summed E-state index contributed by atoms with van der Waals surface area (Å²) in [6.45, 7) is 6.00. The zero-order valence-corrected chi connectivity index (χ0v) is 21.7. The third-order valence-electron chi connectivity index (χ3n) is 6.70. The first-order valence-corrected chi connectivity index (χ1v) is 13.8. The molecule has 1 saturated heterocycles. The van der Waals surface area contributed by atoms with Gasteiger partial charge in [-0.2, -0.15) is 0 Å². The van der Waals surface area contributed by atoms with E-state index < -0.39 is 33.6 Å². The number of anilines is 2. The lowest BCUT2D eigenvalue weighted by molar-refractivity contribution is 0.151. The molecule has 1 aliphatic rings. The fourth-order valence-electron chi connectivity index (χ4n) is 4.80. The molecule has 1 unspecified atom stereocenters. The van der Waals surface area contributed by atoms with Gasteiger partial charge in [-0.05, 0) is 66.6 Å². The second-order valence-electron chi connectivity index (χ2n) is 9.46. The lowest BCUT2D eigenvalue weighted by Crippen LogP contribution is -2.49. The molecule has 1 N–H and O–H groups in total. The van der Waals surface area contributed by atoms with Crippen LogP contribution in [0, 0.1) is 12.7 Å². The summed E-state index contributed by atoms with van der Waals surface area (Å²) in [5.74, 6) is 3.77. The molecule has 0 amide bonds. The summed E-state index contributed by atoms with van der Waals surface area (Å²) in [4.78, 5) is 15.5. The summed E-state index contributed by atoms with van der Waals surface area (Å²) in [5, 5.41) is 4.35. The van der Waals surface area contributed by atoms with E-state index >= 15 is 0 Å². The fraction of sp³-hybridized carbons (Fsp3) is 0.385. The van der Waals surface area contributed by atoms with Crippen molar-refractivity contribution >= 4 is 37.9 Å². The van der Waals surface area contributed by atoms with Crippen LogP contribution in [0.15, 0.2) is 41.2 Å². The van der Waals surface area contributed by atoms with Crippen LogP contribution in [0.5, 0.6) is 0 Å². The van der Waals surface area contributed by atoms with Gasteiger partial charge in [0.05, 0.1) is 0 Å². The lowest BCUT2D eigenvalue weighted by atomic mass is 9.97. The van der Waals surface area contributed by atoms with E-state index in [0.29, 0.717) is 31.6 Å². The Morgan fingerprint density at radius 2 is 1.69 bits per heavy atom. The highest BCUT2D eigenvalue weighted by molar-refractivity contribution is 7.97. The van der Waals surface area contributed by atoms with Crippen LogP contribution in [0.25, 0.3) is 10.8 Å². The van der Waals surface area contributed by atoms with Crippen molar-refractivity contribution in [3.63, 3.8) is 0 Å². The summed E-state index contributed by atoms with van der Waals surface area (Å²) in [5.41, 5.74) is 1.22. The zero-order chi connectivity index (χ0) is 26.4. The number of alkyl halides is 2. The molecule has 1 fully saturated rings. The van der Waals surface area contributed by atoms with Crippen LogP contribution in [0.2, 0.25) is 0 Å². The van der Waals surface area contributed by atoms with Crippen LogP contribution in [0.4, 0.5) is 24.7 Å². The number of hydrogen-bond donors (Lipinski definition) is 1. The monoisotopic (exact) mass is 520 g/mol. The molecule has 0 saturated carbocycles. The average Bonchev–Trinajstić information content (AvgIpc) is 2.81. The van der Waals surface area contributed by atoms with Crippen molar-refractivity contribution in [1.29, 1.82) is 0 Å². The van der Waals surface area contributed by atoms with Crippen molar-refractivity contribution in [3.05, 3.63) is 69.3 Å². The molecule has 194 valence electrons. The van der Waals surface area contributed by atoms with Crippen LogP contribution >= 0.6 is 0 Å². The number of aromatic nitrogens is 1. The van der Waals surface area contributed by atoms with Crippen LogP contribution in [0.3, 0.4) is 0 Å². The maximum Gasteiger partial charge on any atom is 0.265 e. The summed E-state index contributed by atoms with van der Waals surface area (Å²) in [7, 11) is -0.569. The number of benzene rings is 2. The molecule has 0 spiro atoms.